The van der Waals surface area contributed by atoms with E-state index in [4.69, 9.17) is 4.74 Å². The number of hydrogen-bond donors (Lipinski definition) is 0. The van der Waals surface area contributed by atoms with E-state index >= 15 is 0 Å². The molecule has 1 heterocycles. The zero-order chi connectivity index (χ0) is 11.0. The summed E-state index contributed by atoms with van der Waals surface area (Å²) in [6.07, 6.45) is 1.90. The molecule has 1 aliphatic rings. The van der Waals surface area contributed by atoms with Gasteiger partial charge in [-0.2, -0.15) is 0 Å². The third-order valence-electron chi connectivity index (χ3n) is 3.01. The highest BCUT2D eigenvalue weighted by molar-refractivity contribution is 5.70. The van der Waals surface area contributed by atoms with Crippen molar-refractivity contribution in [1.29, 1.82) is 0 Å². The number of ether oxygens (including phenoxy) is 1. The summed E-state index contributed by atoms with van der Waals surface area (Å²) < 4.78 is 5.08. The standard InChI is InChI=1S/C11H21NO2/c1-6-14-9(13)12-10(2,3)7-8-11(12,4)5/h6-8H2,1-5H3. The highest BCUT2D eigenvalue weighted by atomic mass is 16.6. The zero-order valence-corrected chi connectivity index (χ0v) is 9.89. The van der Waals surface area contributed by atoms with Crippen molar-refractivity contribution in [1.82, 2.24) is 4.90 Å². The number of rotatable bonds is 1. The molecule has 3 nitrogen and oxygen atoms in total. The number of hydrogen-bond acceptors (Lipinski definition) is 2. The minimum absolute atomic E-state index is 0.0737. The maximum absolute atomic E-state index is 11.8. The van der Waals surface area contributed by atoms with Gasteiger partial charge in [-0.15, -0.1) is 0 Å². The molecule has 0 radical (unpaired) electrons. The van der Waals surface area contributed by atoms with E-state index in [9.17, 15) is 4.79 Å². The van der Waals surface area contributed by atoms with Crippen LogP contribution in [-0.4, -0.2) is 28.7 Å². The van der Waals surface area contributed by atoms with E-state index in [2.05, 4.69) is 27.7 Å². The molecule has 0 aromatic heterocycles. The molecule has 3 heteroatoms. The molecule has 1 rings (SSSR count). The van der Waals surface area contributed by atoms with E-state index in [0.29, 0.717) is 6.61 Å². The van der Waals surface area contributed by atoms with E-state index < -0.39 is 0 Å². The third kappa shape index (κ3) is 1.86. The van der Waals surface area contributed by atoms with Crippen molar-refractivity contribution in [3.63, 3.8) is 0 Å². The second-order valence-corrected chi connectivity index (χ2v) is 5.16. The van der Waals surface area contributed by atoms with Gasteiger partial charge in [0.2, 0.25) is 0 Å². The first kappa shape index (κ1) is 11.3. The van der Waals surface area contributed by atoms with Crippen LogP contribution in [0.3, 0.4) is 0 Å². The molecule has 1 aliphatic heterocycles. The smallest absolute Gasteiger partial charge is 0.410 e. The van der Waals surface area contributed by atoms with Crippen LogP contribution in [0.15, 0.2) is 0 Å². The van der Waals surface area contributed by atoms with Gasteiger partial charge in [-0.1, -0.05) is 0 Å². The Morgan fingerprint density at radius 3 is 2.00 bits per heavy atom. The summed E-state index contributed by atoms with van der Waals surface area (Å²) in [5.41, 5.74) is -0.147. The molecule has 0 unspecified atom stereocenters. The van der Waals surface area contributed by atoms with E-state index in [1.54, 1.807) is 0 Å². The minimum Gasteiger partial charge on any atom is -0.450 e. The van der Waals surface area contributed by atoms with Crippen LogP contribution in [0.1, 0.15) is 47.5 Å². The minimum atomic E-state index is -0.181. The first-order chi connectivity index (χ1) is 6.31. The Kier molecular flexibility index (Phi) is 2.79. The Balaban J connectivity index is 2.86. The topological polar surface area (TPSA) is 29.5 Å². The summed E-state index contributed by atoms with van der Waals surface area (Å²) in [4.78, 5) is 13.7. The fourth-order valence-corrected chi connectivity index (χ4v) is 2.34. The Hall–Kier alpha value is -0.730. The lowest BCUT2D eigenvalue weighted by Crippen LogP contribution is -2.52. The largest absolute Gasteiger partial charge is 0.450 e. The molecule has 0 aliphatic carbocycles. The van der Waals surface area contributed by atoms with Gasteiger partial charge in [0.05, 0.1) is 6.61 Å². The zero-order valence-electron chi connectivity index (χ0n) is 9.89. The van der Waals surface area contributed by atoms with E-state index in [-0.39, 0.29) is 17.2 Å². The van der Waals surface area contributed by atoms with Gasteiger partial charge >= 0.3 is 6.09 Å². The predicted octanol–water partition coefficient (Wildman–Crippen LogP) is 2.80. The molecule has 1 saturated heterocycles. The molecule has 1 fully saturated rings. The Morgan fingerprint density at radius 1 is 1.21 bits per heavy atom. The van der Waals surface area contributed by atoms with Crippen molar-refractivity contribution in [3.8, 4) is 0 Å². The highest BCUT2D eigenvalue weighted by Crippen LogP contribution is 2.40. The summed E-state index contributed by atoms with van der Waals surface area (Å²) in [6, 6.07) is 0. The average molecular weight is 199 g/mol. The van der Waals surface area contributed by atoms with Crippen molar-refractivity contribution in [3.05, 3.63) is 0 Å². The quantitative estimate of drug-likeness (QED) is 0.650. The van der Waals surface area contributed by atoms with Gasteiger partial charge in [-0.05, 0) is 47.5 Å². The molecule has 1 amide bonds. The molecule has 0 N–H and O–H groups in total. The number of carbonyl (C=O) groups is 1. The van der Waals surface area contributed by atoms with Gasteiger partial charge < -0.3 is 4.74 Å². The van der Waals surface area contributed by atoms with Crippen molar-refractivity contribution in [2.75, 3.05) is 6.61 Å². The second kappa shape index (κ2) is 3.44. The van der Waals surface area contributed by atoms with Crippen LogP contribution in [-0.2, 0) is 4.74 Å². The highest BCUT2D eigenvalue weighted by Gasteiger charge is 2.47. The molecular weight excluding hydrogens is 178 g/mol. The van der Waals surface area contributed by atoms with Crippen molar-refractivity contribution >= 4 is 6.09 Å². The monoisotopic (exact) mass is 199 g/mol. The molecule has 0 atom stereocenters. The first-order valence-electron chi connectivity index (χ1n) is 5.28. The van der Waals surface area contributed by atoms with Crippen LogP contribution in [0.4, 0.5) is 4.79 Å². The van der Waals surface area contributed by atoms with Gasteiger partial charge in [0.15, 0.2) is 0 Å². The van der Waals surface area contributed by atoms with Crippen LogP contribution in [0.2, 0.25) is 0 Å². The van der Waals surface area contributed by atoms with Gasteiger partial charge in [0, 0.05) is 11.1 Å². The molecular formula is C11H21NO2. The number of carbonyl (C=O) groups excluding carboxylic acids is 1. The van der Waals surface area contributed by atoms with Crippen molar-refractivity contribution in [2.45, 2.75) is 58.5 Å². The van der Waals surface area contributed by atoms with Crippen molar-refractivity contribution < 1.29 is 9.53 Å². The molecule has 0 aromatic carbocycles. The number of nitrogens with zero attached hydrogens (tertiary/aromatic N) is 1. The SMILES string of the molecule is CCOC(=O)N1C(C)(C)CCC1(C)C. The van der Waals surface area contributed by atoms with E-state index in [1.165, 1.54) is 0 Å². The summed E-state index contributed by atoms with van der Waals surface area (Å²) in [7, 11) is 0. The predicted molar refractivity (Wildman–Crippen MR) is 56.3 cm³/mol. The Morgan fingerprint density at radius 2 is 1.64 bits per heavy atom. The lowest BCUT2D eigenvalue weighted by molar-refractivity contribution is 0.0453. The fraction of sp³-hybridized carbons (Fsp3) is 0.909. The maximum Gasteiger partial charge on any atom is 0.410 e. The lowest BCUT2D eigenvalue weighted by Gasteiger charge is -2.39. The van der Waals surface area contributed by atoms with Crippen LogP contribution in [0, 0.1) is 0 Å². The summed E-state index contributed by atoms with van der Waals surface area (Å²) >= 11 is 0. The van der Waals surface area contributed by atoms with Gasteiger partial charge in [-0.3, -0.25) is 4.90 Å². The summed E-state index contributed by atoms with van der Waals surface area (Å²) in [5.74, 6) is 0. The Labute approximate surface area is 86.4 Å². The average Bonchev–Trinajstić information content (AvgIpc) is 2.21. The van der Waals surface area contributed by atoms with Gasteiger partial charge in [0.1, 0.15) is 0 Å². The van der Waals surface area contributed by atoms with Gasteiger partial charge in [-0.25, -0.2) is 4.79 Å². The number of amides is 1. The summed E-state index contributed by atoms with van der Waals surface area (Å²) in [5, 5.41) is 0. The van der Waals surface area contributed by atoms with E-state index in [1.807, 2.05) is 11.8 Å². The second-order valence-electron chi connectivity index (χ2n) is 5.16. The normalized spacial score (nSPS) is 23.6. The van der Waals surface area contributed by atoms with Crippen LogP contribution < -0.4 is 0 Å². The molecule has 14 heavy (non-hydrogen) atoms. The molecule has 0 aromatic rings. The lowest BCUT2D eigenvalue weighted by atomic mass is 10.0. The van der Waals surface area contributed by atoms with Crippen LogP contribution in [0.25, 0.3) is 0 Å². The van der Waals surface area contributed by atoms with E-state index in [0.717, 1.165) is 12.8 Å². The molecule has 0 bridgehead atoms. The maximum atomic E-state index is 11.8. The summed E-state index contributed by atoms with van der Waals surface area (Å²) in [6.45, 7) is 10.7. The third-order valence-corrected chi connectivity index (χ3v) is 3.01. The number of likely N-dealkylation sites (tertiary alicyclic amines) is 1. The Bertz CT molecular complexity index is 217. The van der Waals surface area contributed by atoms with Crippen molar-refractivity contribution in [2.24, 2.45) is 0 Å². The first-order valence-corrected chi connectivity index (χ1v) is 5.28. The molecule has 0 saturated carbocycles. The fourth-order valence-electron chi connectivity index (χ4n) is 2.34. The molecule has 82 valence electrons. The molecule has 0 spiro atoms. The van der Waals surface area contributed by atoms with Gasteiger partial charge in [0.25, 0.3) is 0 Å². The van der Waals surface area contributed by atoms with Crippen LogP contribution in [0.5, 0.6) is 0 Å². The van der Waals surface area contributed by atoms with Crippen LogP contribution >= 0.6 is 0 Å².